The van der Waals surface area contributed by atoms with E-state index < -0.39 is 0 Å². The molecule has 2 heterocycles. The Balaban J connectivity index is 1.47. The number of hydrogen-bond donors (Lipinski definition) is 1. The molecule has 0 bridgehead atoms. The van der Waals surface area contributed by atoms with Gasteiger partial charge >= 0.3 is 0 Å². The molecule has 0 spiro atoms. The molecule has 1 amide bonds. The van der Waals surface area contributed by atoms with Gasteiger partial charge < -0.3 is 5.32 Å². The maximum Gasteiger partial charge on any atom is 0.251 e. The largest absolute Gasteiger partial charge is 0.350 e. The van der Waals surface area contributed by atoms with E-state index in [1.165, 1.54) is 0 Å². The van der Waals surface area contributed by atoms with Crippen LogP contribution >= 0.6 is 11.6 Å². The molecular weight excluding hydrogens is 448 g/mol. The van der Waals surface area contributed by atoms with Crippen molar-refractivity contribution in [1.29, 1.82) is 0 Å². The molecule has 0 saturated heterocycles. The van der Waals surface area contributed by atoms with Crippen molar-refractivity contribution in [3.63, 3.8) is 0 Å². The van der Waals surface area contributed by atoms with Gasteiger partial charge in [-0.15, -0.1) is 0 Å². The molecule has 170 valence electrons. The monoisotopic (exact) mass is 470 g/mol. The number of fused-ring (bicyclic) bond motifs is 1. The third-order valence-corrected chi connectivity index (χ3v) is 6.16. The van der Waals surface area contributed by atoms with Crippen molar-refractivity contribution in [1.82, 2.24) is 25.5 Å². The third-order valence-electron chi connectivity index (χ3n) is 5.91. The van der Waals surface area contributed by atoms with Crippen LogP contribution in [0.5, 0.6) is 0 Å². The molecule has 34 heavy (non-hydrogen) atoms. The zero-order chi connectivity index (χ0) is 23.5. The summed E-state index contributed by atoms with van der Waals surface area (Å²) in [6.45, 7) is 2.56. The highest BCUT2D eigenvalue weighted by Crippen LogP contribution is 2.36. The van der Waals surface area contributed by atoms with Crippen LogP contribution in [-0.4, -0.2) is 32.7 Å². The quantitative estimate of drug-likeness (QED) is 0.452. The number of nitrogens with one attached hydrogen (secondary N) is 1. The van der Waals surface area contributed by atoms with Crippen molar-refractivity contribution in [2.75, 3.05) is 11.4 Å². The van der Waals surface area contributed by atoms with Crippen LogP contribution in [0.2, 0.25) is 5.02 Å². The Labute approximate surface area is 202 Å². The van der Waals surface area contributed by atoms with Crippen LogP contribution in [0.15, 0.2) is 84.9 Å². The summed E-state index contributed by atoms with van der Waals surface area (Å²) in [5.41, 5.74) is 5.03. The van der Waals surface area contributed by atoms with Gasteiger partial charge in [-0.3, -0.25) is 9.69 Å². The molecule has 1 atom stereocenters. The first-order chi connectivity index (χ1) is 16.6. The van der Waals surface area contributed by atoms with Gasteiger partial charge in [0.05, 0.1) is 5.70 Å². The highest BCUT2D eigenvalue weighted by Gasteiger charge is 2.31. The summed E-state index contributed by atoms with van der Waals surface area (Å²) in [5.74, 6) is 0.378. The first-order valence-electron chi connectivity index (χ1n) is 11.0. The van der Waals surface area contributed by atoms with Crippen molar-refractivity contribution in [2.24, 2.45) is 0 Å². The Morgan fingerprint density at radius 3 is 2.50 bits per heavy atom. The van der Waals surface area contributed by atoms with Crippen molar-refractivity contribution < 1.29 is 4.79 Å². The maximum atomic E-state index is 13.0. The Morgan fingerprint density at radius 1 is 1.00 bits per heavy atom. The minimum Gasteiger partial charge on any atom is -0.350 e. The Kier molecular flexibility index (Phi) is 6.10. The van der Waals surface area contributed by atoms with Crippen LogP contribution in [0.4, 0.5) is 5.95 Å². The van der Waals surface area contributed by atoms with Gasteiger partial charge in [0, 0.05) is 11.6 Å². The lowest BCUT2D eigenvalue weighted by molar-refractivity contribution is -0.119. The number of allylic oxidation sites excluding steroid dienone is 1. The summed E-state index contributed by atoms with van der Waals surface area (Å²) in [5, 5.41) is 16.1. The van der Waals surface area contributed by atoms with Crippen LogP contribution in [-0.2, 0) is 11.3 Å². The fourth-order valence-corrected chi connectivity index (χ4v) is 4.21. The molecule has 1 N–H and O–H groups in total. The molecular formula is C26H23ClN6O. The normalized spacial score (nSPS) is 14.9. The molecule has 7 nitrogen and oxygen atoms in total. The van der Waals surface area contributed by atoms with Gasteiger partial charge in [-0.05, 0) is 57.8 Å². The number of nitrogens with zero attached hydrogens (tertiary/aromatic N) is 5. The molecule has 3 aromatic carbocycles. The summed E-state index contributed by atoms with van der Waals surface area (Å²) >= 11 is 6.14. The molecule has 1 aliphatic rings. The highest BCUT2D eigenvalue weighted by atomic mass is 35.5. The van der Waals surface area contributed by atoms with E-state index in [4.69, 9.17) is 11.6 Å². The molecule has 4 aromatic rings. The van der Waals surface area contributed by atoms with Gasteiger partial charge in [0.25, 0.3) is 5.95 Å². The highest BCUT2D eigenvalue weighted by molar-refractivity contribution is 6.30. The average molecular weight is 471 g/mol. The van der Waals surface area contributed by atoms with Crippen molar-refractivity contribution in [2.45, 2.75) is 19.5 Å². The van der Waals surface area contributed by atoms with Gasteiger partial charge in [-0.25, -0.2) is 0 Å². The predicted molar refractivity (Wildman–Crippen MR) is 132 cm³/mol. The van der Waals surface area contributed by atoms with E-state index in [1.54, 1.807) is 4.68 Å². The molecule has 0 unspecified atom stereocenters. The van der Waals surface area contributed by atoms with Crippen molar-refractivity contribution in [3.8, 4) is 0 Å². The Hall–Kier alpha value is -3.97. The van der Waals surface area contributed by atoms with Crippen LogP contribution < -0.4 is 10.2 Å². The Bertz CT molecular complexity index is 1330. The van der Waals surface area contributed by atoms with E-state index in [0.29, 0.717) is 17.5 Å². The minimum atomic E-state index is -0.205. The fourth-order valence-electron chi connectivity index (χ4n) is 4.08. The number of aryl methyl sites for hydroxylation is 1. The predicted octanol–water partition coefficient (Wildman–Crippen LogP) is 4.40. The van der Waals surface area contributed by atoms with Gasteiger partial charge in [0.2, 0.25) is 5.91 Å². The fraction of sp³-hybridized carbons (Fsp3) is 0.154. The molecule has 5 rings (SSSR count). The standard InChI is InChI=1S/C26H23ClN6O/c1-18-7-5-6-10-21(18)16-28-25(34)17-32-23(20-11-13-22(27)14-12-20)15-24(19-8-3-2-4-9-19)33-26(32)29-30-31-33/h2-15,24H,16-17H2,1H3,(H,28,34)/t24-/m1/s1. The lowest BCUT2D eigenvalue weighted by Crippen LogP contribution is -2.40. The zero-order valence-electron chi connectivity index (χ0n) is 18.6. The van der Waals surface area contributed by atoms with E-state index in [1.807, 2.05) is 90.7 Å². The SMILES string of the molecule is Cc1ccccc1CNC(=O)CN1C(c2ccc(Cl)cc2)=C[C@H](c2ccccc2)n2nnnc21. The number of tetrazole rings is 1. The number of anilines is 1. The molecule has 0 saturated carbocycles. The number of halogens is 1. The Morgan fingerprint density at radius 2 is 1.74 bits per heavy atom. The number of carbonyl (C=O) groups is 1. The summed E-state index contributed by atoms with van der Waals surface area (Å²) in [6.07, 6.45) is 2.08. The van der Waals surface area contributed by atoms with Gasteiger partial charge in [-0.2, -0.15) is 4.68 Å². The van der Waals surface area contributed by atoms with E-state index in [2.05, 4.69) is 26.9 Å². The van der Waals surface area contributed by atoms with Crippen LogP contribution in [0.1, 0.15) is 28.3 Å². The summed E-state index contributed by atoms with van der Waals surface area (Å²) < 4.78 is 1.74. The van der Waals surface area contributed by atoms with E-state index >= 15 is 0 Å². The smallest absolute Gasteiger partial charge is 0.251 e. The van der Waals surface area contributed by atoms with E-state index in [-0.39, 0.29) is 18.5 Å². The first kappa shape index (κ1) is 21.9. The number of amides is 1. The second-order valence-electron chi connectivity index (χ2n) is 8.13. The number of hydrogen-bond acceptors (Lipinski definition) is 5. The first-order valence-corrected chi connectivity index (χ1v) is 11.4. The summed E-state index contributed by atoms with van der Waals surface area (Å²) in [6, 6.07) is 25.4. The topological polar surface area (TPSA) is 75.9 Å². The molecule has 0 fully saturated rings. The summed E-state index contributed by atoms with van der Waals surface area (Å²) in [4.78, 5) is 14.9. The van der Waals surface area contributed by atoms with E-state index in [0.717, 1.165) is 28.0 Å². The lowest BCUT2D eigenvalue weighted by atomic mass is 10.0. The van der Waals surface area contributed by atoms with Crippen molar-refractivity contribution >= 4 is 29.2 Å². The second-order valence-corrected chi connectivity index (χ2v) is 8.56. The zero-order valence-corrected chi connectivity index (χ0v) is 19.4. The molecule has 0 radical (unpaired) electrons. The average Bonchev–Trinajstić information content (AvgIpc) is 3.35. The van der Waals surface area contributed by atoms with Crippen molar-refractivity contribution in [3.05, 3.63) is 112 Å². The van der Waals surface area contributed by atoms with E-state index in [9.17, 15) is 4.79 Å². The second kappa shape index (κ2) is 9.49. The minimum absolute atomic E-state index is 0.0717. The van der Waals surface area contributed by atoms with Crippen LogP contribution in [0.3, 0.4) is 0 Å². The van der Waals surface area contributed by atoms with Gasteiger partial charge in [0.1, 0.15) is 12.6 Å². The third kappa shape index (κ3) is 4.43. The maximum absolute atomic E-state index is 13.0. The molecule has 1 aromatic heterocycles. The number of aromatic nitrogens is 4. The number of rotatable bonds is 6. The number of carbonyl (C=O) groups excluding carboxylic acids is 1. The van der Waals surface area contributed by atoms with Gasteiger partial charge in [0.15, 0.2) is 0 Å². The molecule has 8 heteroatoms. The lowest BCUT2D eigenvalue weighted by Gasteiger charge is -2.32. The molecule has 1 aliphatic heterocycles. The molecule has 0 aliphatic carbocycles. The van der Waals surface area contributed by atoms with Crippen LogP contribution in [0.25, 0.3) is 5.70 Å². The van der Waals surface area contributed by atoms with Gasteiger partial charge in [-0.1, -0.05) is 83.4 Å². The number of benzene rings is 3. The van der Waals surface area contributed by atoms with Crippen LogP contribution in [0, 0.1) is 6.92 Å². The summed E-state index contributed by atoms with van der Waals surface area (Å²) in [7, 11) is 0.